The van der Waals surface area contributed by atoms with Crippen molar-refractivity contribution < 1.29 is 14.3 Å². The number of halogens is 1. The van der Waals surface area contributed by atoms with Gasteiger partial charge in [-0.1, -0.05) is 23.7 Å². The van der Waals surface area contributed by atoms with Crippen LogP contribution in [0, 0.1) is 0 Å². The van der Waals surface area contributed by atoms with Crippen LogP contribution < -0.4 is 0 Å². The third-order valence-electron chi connectivity index (χ3n) is 5.40. The van der Waals surface area contributed by atoms with E-state index >= 15 is 0 Å². The summed E-state index contributed by atoms with van der Waals surface area (Å²) in [6.07, 6.45) is 5.04. The van der Waals surface area contributed by atoms with Gasteiger partial charge >= 0.3 is 5.97 Å². The molecule has 1 aromatic carbocycles. The Labute approximate surface area is 191 Å². The van der Waals surface area contributed by atoms with E-state index in [1.165, 1.54) is 0 Å². The highest BCUT2D eigenvalue weighted by atomic mass is 35.5. The van der Waals surface area contributed by atoms with E-state index in [1.54, 1.807) is 65.4 Å². The number of amides is 1. The summed E-state index contributed by atoms with van der Waals surface area (Å²) in [7, 11) is 0. The van der Waals surface area contributed by atoms with Gasteiger partial charge in [-0.25, -0.2) is 14.5 Å². The maximum atomic E-state index is 13.3. The lowest BCUT2D eigenvalue weighted by atomic mass is 10.0. The van der Waals surface area contributed by atoms with Crippen molar-refractivity contribution in [2.45, 2.75) is 13.0 Å². The van der Waals surface area contributed by atoms with Crippen LogP contribution in [-0.4, -0.2) is 69.2 Å². The summed E-state index contributed by atoms with van der Waals surface area (Å²) in [5.41, 5.74) is 1.31. The van der Waals surface area contributed by atoms with E-state index < -0.39 is 6.04 Å². The molecule has 1 amide bonds. The van der Waals surface area contributed by atoms with Crippen molar-refractivity contribution in [1.82, 2.24) is 24.6 Å². The molecule has 0 spiro atoms. The highest BCUT2D eigenvalue weighted by molar-refractivity contribution is 6.30. The number of ether oxygens (including phenoxy) is 1. The van der Waals surface area contributed by atoms with E-state index in [-0.39, 0.29) is 11.9 Å². The average Bonchev–Trinajstić information content (AvgIpc) is 3.36. The van der Waals surface area contributed by atoms with E-state index in [4.69, 9.17) is 16.3 Å². The summed E-state index contributed by atoms with van der Waals surface area (Å²) in [5, 5.41) is 4.81. The minimum Gasteiger partial charge on any atom is -0.465 e. The van der Waals surface area contributed by atoms with E-state index in [9.17, 15) is 9.59 Å². The number of rotatable bonds is 6. The first-order valence-electron chi connectivity index (χ1n) is 10.5. The third-order valence-corrected chi connectivity index (χ3v) is 5.65. The van der Waals surface area contributed by atoms with Crippen molar-refractivity contribution in [2.75, 3.05) is 32.8 Å². The highest BCUT2D eigenvalue weighted by Gasteiger charge is 2.33. The van der Waals surface area contributed by atoms with Gasteiger partial charge < -0.3 is 9.64 Å². The summed E-state index contributed by atoms with van der Waals surface area (Å²) >= 11 is 6.02. The van der Waals surface area contributed by atoms with Crippen LogP contribution in [0.2, 0.25) is 5.02 Å². The Bertz CT molecular complexity index is 1060. The molecule has 1 fully saturated rings. The zero-order valence-corrected chi connectivity index (χ0v) is 18.5. The van der Waals surface area contributed by atoms with Crippen LogP contribution in [-0.2, 0) is 9.53 Å². The zero-order chi connectivity index (χ0) is 22.5. The molecule has 1 aliphatic heterocycles. The van der Waals surface area contributed by atoms with Crippen molar-refractivity contribution in [3.05, 3.63) is 77.2 Å². The second-order valence-electron chi connectivity index (χ2n) is 7.36. The molecule has 9 heteroatoms. The maximum absolute atomic E-state index is 13.3. The van der Waals surface area contributed by atoms with Gasteiger partial charge in [0.2, 0.25) is 0 Å². The van der Waals surface area contributed by atoms with Crippen LogP contribution in [0.4, 0.5) is 0 Å². The summed E-state index contributed by atoms with van der Waals surface area (Å²) in [5.74, 6) is 0.0840. The highest BCUT2D eigenvalue weighted by Crippen LogP contribution is 2.26. The van der Waals surface area contributed by atoms with E-state index in [0.29, 0.717) is 49.2 Å². The molecular formula is C23H24ClN5O3. The molecule has 0 radical (unpaired) electrons. The number of hydrogen-bond acceptors (Lipinski definition) is 6. The molecular weight excluding hydrogens is 430 g/mol. The average molecular weight is 454 g/mol. The lowest BCUT2D eigenvalue weighted by Gasteiger charge is -2.38. The van der Waals surface area contributed by atoms with Gasteiger partial charge in [-0.3, -0.25) is 9.69 Å². The van der Waals surface area contributed by atoms with Crippen LogP contribution in [0.5, 0.6) is 0 Å². The minimum absolute atomic E-state index is 0.109. The lowest BCUT2D eigenvalue weighted by molar-refractivity contribution is -0.150. The molecule has 8 nitrogen and oxygen atoms in total. The van der Waals surface area contributed by atoms with Crippen molar-refractivity contribution in [3.8, 4) is 5.82 Å². The van der Waals surface area contributed by atoms with Gasteiger partial charge in [-0.05, 0) is 42.8 Å². The topological polar surface area (TPSA) is 80.6 Å². The second-order valence-corrected chi connectivity index (χ2v) is 7.80. The first-order chi connectivity index (χ1) is 15.6. The lowest BCUT2D eigenvalue weighted by Crippen LogP contribution is -2.51. The monoisotopic (exact) mass is 453 g/mol. The van der Waals surface area contributed by atoms with Crippen LogP contribution in [0.15, 0.2) is 61.1 Å². The Morgan fingerprint density at radius 3 is 2.47 bits per heavy atom. The molecule has 4 rings (SSSR count). The SMILES string of the molecule is CCOC(=O)[C@@H](c1ccc(Cl)cc1)N1CCN(C(=O)c2cccnc2-n2cccn2)CC1. The fourth-order valence-corrected chi connectivity index (χ4v) is 3.98. The van der Waals surface area contributed by atoms with Crippen LogP contribution in [0.3, 0.4) is 0 Å². The van der Waals surface area contributed by atoms with E-state index in [1.807, 2.05) is 17.0 Å². The fraction of sp³-hybridized carbons (Fsp3) is 0.304. The quantitative estimate of drug-likeness (QED) is 0.534. The van der Waals surface area contributed by atoms with Crippen molar-refractivity contribution >= 4 is 23.5 Å². The Kier molecular flexibility index (Phi) is 6.82. The molecule has 2 aromatic heterocycles. The molecule has 1 saturated heterocycles. The first-order valence-corrected chi connectivity index (χ1v) is 10.9. The molecule has 0 bridgehead atoms. The molecule has 0 saturated carbocycles. The number of nitrogens with zero attached hydrogens (tertiary/aromatic N) is 5. The van der Waals surface area contributed by atoms with Gasteiger partial charge in [0.15, 0.2) is 5.82 Å². The number of hydrogen-bond donors (Lipinski definition) is 0. The molecule has 0 N–H and O–H groups in total. The summed E-state index contributed by atoms with van der Waals surface area (Å²) in [6, 6.07) is 12.0. The third kappa shape index (κ3) is 4.66. The van der Waals surface area contributed by atoms with Gasteiger partial charge in [0.25, 0.3) is 5.91 Å². The molecule has 166 valence electrons. The molecule has 32 heavy (non-hydrogen) atoms. The number of piperazine rings is 1. The van der Waals surface area contributed by atoms with Crippen molar-refractivity contribution in [3.63, 3.8) is 0 Å². The Morgan fingerprint density at radius 2 is 1.81 bits per heavy atom. The number of carbonyl (C=O) groups is 2. The predicted octanol–water partition coefficient (Wildman–Crippen LogP) is 2.98. The Balaban J connectivity index is 1.50. The largest absolute Gasteiger partial charge is 0.465 e. The van der Waals surface area contributed by atoms with E-state index in [0.717, 1.165) is 5.56 Å². The second kappa shape index (κ2) is 9.93. The molecule has 3 heterocycles. The van der Waals surface area contributed by atoms with Crippen LogP contribution in [0.1, 0.15) is 28.9 Å². The first kappa shape index (κ1) is 22.0. The Hall–Kier alpha value is -3.23. The number of pyridine rings is 1. The van der Waals surface area contributed by atoms with Gasteiger partial charge in [0.05, 0.1) is 12.2 Å². The smallest absolute Gasteiger partial charge is 0.328 e. The minimum atomic E-state index is -0.539. The molecule has 0 aliphatic carbocycles. The zero-order valence-electron chi connectivity index (χ0n) is 17.7. The van der Waals surface area contributed by atoms with E-state index in [2.05, 4.69) is 10.1 Å². The van der Waals surface area contributed by atoms with Gasteiger partial charge in [-0.15, -0.1) is 0 Å². The number of esters is 1. The molecule has 0 unspecified atom stereocenters. The van der Waals surface area contributed by atoms with Gasteiger partial charge in [-0.2, -0.15) is 5.10 Å². The van der Waals surface area contributed by atoms with Crippen LogP contribution in [0.25, 0.3) is 5.82 Å². The predicted molar refractivity (Wildman–Crippen MR) is 120 cm³/mol. The normalized spacial score (nSPS) is 15.4. The number of aromatic nitrogens is 3. The molecule has 1 aliphatic rings. The van der Waals surface area contributed by atoms with Gasteiger partial charge in [0, 0.05) is 49.8 Å². The van der Waals surface area contributed by atoms with Crippen LogP contribution >= 0.6 is 11.6 Å². The van der Waals surface area contributed by atoms with Crippen molar-refractivity contribution in [1.29, 1.82) is 0 Å². The Morgan fingerprint density at radius 1 is 1.06 bits per heavy atom. The summed E-state index contributed by atoms with van der Waals surface area (Å²) in [6.45, 7) is 4.13. The summed E-state index contributed by atoms with van der Waals surface area (Å²) in [4.78, 5) is 34.2. The fourth-order valence-electron chi connectivity index (χ4n) is 3.86. The summed E-state index contributed by atoms with van der Waals surface area (Å²) < 4.78 is 6.91. The molecule has 3 aromatic rings. The number of carbonyl (C=O) groups excluding carboxylic acids is 2. The number of benzene rings is 1. The maximum Gasteiger partial charge on any atom is 0.328 e. The standard InChI is InChI=1S/C23H24ClN5O3/c1-2-32-23(31)20(17-6-8-18(24)9-7-17)27-13-15-28(16-14-27)22(30)19-5-3-10-25-21(19)29-12-4-11-26-29/h3-12,20H,2,13-16H2,1H3/t20-/m1/s1. The van der Waals surface area contributed by atoms with Gasteiger partial charge in [0.1, 0.15) is 6.04 Å². The van der Waals surface area contributed by atoms with Crippen molar-refractivity contribution in [2.24, 2.45) is 0 Å². The molecule has 1 atom stereocenters.